The number of rotatable bonds is 9. The Balaban J connectivity index is 1.26. The van der Waals surface area contributed by atoms with Crippen molar-refractivity contribution in [3.05, 3.63) is 48.1 Å². The maximum absolute atomic E-state index is 12.7. The van der Waals surface area contributed by atoms with Crippen LogP contribution in [0.2, 0.25) is 0 Å². The topological polar surface area (TPSA) is 104 Å². The standard InChI is InChI=1S/C23H22N6O3S2/c1-31-16-7-8-19(32-2)17(10-16)18-12-33-22(25-18)26-20(30)13-34-23-28-27-21(29(23)15-5-6-15)14-4-3-9-24-11-14/h3-4,7-12,15H,5-6,13H2,1-2H3,(H,25,26,30). The molecule has 0 aliphatic heterocycles. The molecule has 9 nitrogen and oxygen atoms in total. The quantitative estimate of drug-likeness (QED) is 0.338. The number of methoxy groups -OCH3 is 2. The number of nitrogens with zero attached hydrogens (tertiary/aromatic N) is 5. The average molecular weight is 495 g/mol. The lowest BCUT2D eigenvalue weighted by atomic mass is 10.1. The molecule has 0 atom stereocenters. The first-order chi connectivity index (χ1) is 16.7. The Hall–Kier alpha value is -3.44. The second-order valence-corrected chi connectivity index (χ2v) is 9.39. The molecule has 34 heavy (non-hydrogen) atoms. The van der Waals surface area contributed by atoms with E-state index in [4.69, 9.17) is 9.47 Å². The lowest BCUT2D eigenvalue weighted by Crippen LogP contribution is -2.14. The number of hydrogen-bond acceptors (Lipinski definition) is 9. The number of pyridine rings is 1. The monoisotopic (exact) mass is 494 g/mol. The van der Waals surface area contributed by atoms with Crippen LogP contribution in [-0.4, -0.2) is 50.6 Å². The van der Waals surface area contributed by atoms with Crippen LogP contribution in [0.5, 0.6) is 11.5 Å². The van der Waals surface area contributed by atoms with Gasteiger partial charge in [0, 0.05) is 34.9 Å². The van der Waals surface area contributed by atoms with Crippen molar-refractivity contribution >= 4 is 34.1 Å². The minimum atomic E-state index is -0.156. The average Bonchev–Trinajstić information content (AvgIpc) is 3.45. The Labute approximate surface area is 204 Å². The fraction of sp³-hybridized carbons (Fsp3) is 0.261. The van der Waals surface area contributed by atoms with Crippen LogP contribution >= 0.6 is 23.1 Å². The van der Waals surface area contributed by atoms with Crippen LogP contribution in [0.1, 0.15) is 18.9 Å². The molecule has 1 aromatic carbocycles. The van der Waals surface area contributed by atoms with Crippen molar-refractivity contribution in [3.8, 4) is 34.1 Å². The third-order valence-electron chi connectivity index (χ3n) is 5.26. The van der Waals surface area contributed by atoms with E-state index in [2.05, 4.69) is 30.0 Å². The zero-order valence-electron chi connectivity index (χ0n) is 18.6. The van der Waals surface area contributed by atoms with E-state index >= 15 is 0 Å². The molecule has 1 aliphatic carbocycles. The van der Waals surface area contributed by atoms with Gasteiger partial charge in [0.15, 0.2) is 16.1 Å². The number of benzene rings is 1. The van der Waals surface area contributed by atoms with Crippen LogP contribution < -0.4 is 14.8 Å². The van der Waals surface area contributed by atoms with Crippen LogP contribution in [-0.2, 0) is 4.79 Å². The molecule has 0 radical (unpaired) electrons. The van der Waals surface area contributed by atoms with Gasteiger partial charge in [-0.05, 0) is 43.2 Å². The van der Waals surface area contributed by atoms with Crippen molar-refractivity contribution in [1.29, 1.82) is 0 Å². The third kappa shape index (κ3) is 4.75. The molecular weight excluding hydrogens is 472 g/mol. The third-order valence-corrected chi connectivity index (χ3v) is 6.96. The Morgan fingerprint density at radius 1 is 1.24 bits per heavy atom. The first-order valence-corrected chi connectivity index (χ1v) is 12.5. The number of aromatic nitrogens is 5. The highest BCUT2D eigenvalue weighted by atomic mass is 32.2. The van der Waals surface area contributed by atoms with Gasteiger partial charge in [-0.1, -0.05) is 11.8 Å². The van der Waals surface area contributed by atoms with Crippen molar-refractivity contribution in [2.24, 2.45) is 0 Å². The van der Waals surface area contributed by atoms with Gasteiger partial charge < -0.3 is 14.8 Å². The number of thiazole rings is 1. The van der Waals surface area contributed by atoms with E-state index in [1.807, 2.05) is 35.7 Å². The van der Waals surface area contributed by atoms with E-state index in [1.165, 1.54) is 23.1 Å². The summed E-state index contributed by atoms with van der Waals surface area (Å²) in [6, 6.07) is 9.74. The van der Waals surface area contributed by atoms with Gasteiger partial charge in [0.2, 0.25) is 5.91 Å². The minimum Gasteiger partial charge on any atom is -0.497 e. The molecule has 11 heteroatoms. The molecule has 0 spiro atoms. The van der Waals surface area contributed by atoms with Gasteiger partial charge in [0.1, 0.15) is 11.5 Å². The second-order valence-electron chi connectivity index (χ2n) is 7.59. The predicted molar refractivity (Wildman–Crippen MR) is 132 cm³/mol. The SMILES string of the molecule is COc1ccc(OC)c(-c2csc(NC(=O)CSc3nnc(-c4cccnc4)n3C3CC3)n2)c1. The molecular formula is C23H22N6O3S2. The first kappa shape index (κ1) is 22.4. The number of amides is 1. The maximum atomic E-state index is 12.7. The van der Waals surface area contributed by atoms with E-state index in [9.17, 15) is 4.79 Å². The number of ether oxygens (including phenoxy) is 2. The number of hydrogen-bond donors (Lipinski definition) is 1. The lowest BCUT2D eigenvalue weighted by Gasteiger charge is -2.09. The summed E-state index contributed by atoms with van der Waals surface area (Å²) in [5.41, 5.74) is 2.42. The van der Waals surface area contributed by atoms with E-state index in [0.717, 1.165) is 34.9 Å². The molecule has 0 saturated heterocycles. The normalized spacial score (nSPS) is 13.0. The number of carbonyl (C=O) groups is 1. The molecule has 3 heterocycles. The number of carbonyl (C=O) groups excluding carboxylic acids is 1. The fourth-order valence-electron chi connectivity index (χ4n) is 3.48. The van der Waals surface area contributed by atoms with Gasteiger partial charge in [-0.25, -0.2) is 4.98 Å². The molecule has 5 rings (SSSR count). The zero-order chi connectivity index (χ0) is 23.5. The predicted octanol–water partition coefficient (Wildman–Crippen LogP) is 4.55. The van der Waals surface area contributed by atoms with Gasteiger partial charge >= 0.3 is 0 Å². The maximum Gasteiger partial charge on any atom is 0.236 e. The van der Waals surface area contributed by atoms with E-state index < -0.39 is 0 Å². The van der Waals surface area contributed by atoms with Crippen LogP contribution in [0.3, 0.4) is 0 Å². The summed E-state index contributed by atoms with van der Waals surface area (Å²) in [6.45, 7) is 0. The summed E-state index contributed by atoms with van der Waals surface area (Å²) in [5.74, 6) is 2.22. The molecule has 1 saturated carbocycles. The van der Waals surface area contributed by atoms with Crippen molar-refractivity contribution in [2.45, 2.75) is 24.0 Å². The van der Waals surface area contributed by atoms with Gasteiger partial charge in [-0.3, -0.25) is 14.3 Å². The Bertz CT molecular complexity index is 1300. The van der Waals surface area contributed by atoms with E-state index in [-0.39, 0.29) is 11.7 Å². The smallest absolute Gasteiger partial charge is 0.236 e. The summed E-state index contributed by atoms with van der Waals surface area (Å²) >= 11 is 2.73. The van der Waals surface area contributed by atoms with Crippen molar-refractivity contribution in [2.75, 3.05) is 25.3 Å². The molecule has 1 aliphatic rings. The molecule has 1 N–H and O–H groups in total. The van der Waals surface area contributed by atoms with Gasteiger partial charge in [0.05, 0.1) is 25.7 Å². The molecule has 1 fully saturated rings. The second kappa shape index (κ2) is 9.82. The Kier molecular flexibility index (Phi) is 6.45. The van der Waals surface area contributed by atoms with Crippen molar-refractivity contribution < 1.29 is 14.3 Å². The molecule has 0 unspecified atom stereocenters. The number of thioether (sulfide) groups is 1. The highest BCUT2D eigenvalue weighted by Crippen LogP contribution is 2.41. The molecule has 3 aromatic heterocycles. The first-order valence-electron chi connectivity index (χ1n) is 10.6. The highest BCUT2D eigenvalue weighted by Gasteiger charge is 2.30. The Morgan fingerprint density at radius 3 is 2.85 bits per heavy atom. The summed E-state index contributed by atoms with van der Waals surface area (Å²) in [5, 5.41) is 14.7. The molecule has 0 bridgehead atoms. The van der Waals surface area contributed by atoms with Crippen molar-refractivity contribution in [3.63, 3.8) is 0 Å². The fourth-order valence-corrected chi connectivity index (χ4v) is 5.02. The van der Waals surface area contributed by atoms with Gasteiger partial charge in [0.25, 0.3) is 0 Å². The molecule has 4 aromatic rings. The summed E-state index contributed by atoms with van der Waals surface area (Å²) in [4.78, 5) is 21.4. The van der Waals surface area contributed by atoms with Crippen LogP contribution in [0, 0.1) is 0 Å². The summed E-state index contributed by atoms with van der Waals surface area (Å²) in [6.07, 6.45) is 5.68. The van der Waals surface area contributed by atoms with E-state index in [0.29, 0.717) is 28.4 Å². The van der Waals surface area contributed by atoms with Gasteiger partial charge in [-0.2, -0.15) is 0 Å². The summed E-state index contributed by atoms with van der Waals surface area (Å²) < 4.78 is 12.9. The minimum absolute atomic E-state index is 0.156. The lowest BCUT2D eigenvalue weighted by molar-refractivity contribution is -0.113. The van der Waals surface area contributed by atoms with Crippen LogP contribution in [0.25, 0.3) is 22.6 Å². The van der Waals surface area contributed by atoms with Crippen molar-refractivity contribution in [1.82, 2.24) is 24.7 Å². The van der Waals surface area contributed by atoms with Crippen LogP contribution in [0.4, 0.5) is 5.13 Å². The Morgan fingerprint density at radius 2 is 2.12 bits per heavy atom. The van der Waals surface area contributed by atoms with Gasteiger partial charge in [-0.15, -0.1) is 21.5 Å². The summed E-state index contributed by atoms with van der Waals surface area (Å²) in [7, 11) is 3.22. The molecule has 174 valence electrons. The number of nitrogens with one attached hydrogen (secondary N) is 1. The largest absolute Gasteiger partial charge is 0.497 e. The highest BCUT2D eigenvalue weighted by molar-refractivity contribution is 7.99. The van der Waals surface area contributed by atoms with E-state index in [1.54, 1.807) is 26.6 Å². The molecule has 1 amide bonds. The zero-order valence-corrected chi connectivity index (χ0v) is 20.2. The number of anilines is 1. The van der Waals surface area contributed by atoms with Crippen LogP contribution in [0.15, 0.2) is 53.3 Å².